The van der Waals surface area contributed by atoms with Gasteiger partial charge in [-0.3, -0.25) is 9.48 Å². The van der Waals surface area contributed by atoms with Gasteiger partial charge in [0, 0.05) is 29.9 Å². The SMILES string of the molecule is Cc1ncc(NC(=O)c2ccc(C(F)(F)F)c(-c3ccn(C)n3)c2)c(-c2ccccc2)n1. The topological polar surface area (TPSA) is 72.7 Å². The molecule has 4 aromatic rings. The summed E-state index contributed by atoms with van der Waals surface area (Å²) in [6, 6.07) is 13.9. The molecule has 0 fully saturated rings. The summed E-state index contributed by atoms with van der Waals surface area (Å²) < 4.78 is 42.0. The largest absolute Gasteiger partial charge is 0.417 e. The maximum atomic E-state index is 13.5. The van der Waals surface area contributed by atoms with E-state index in [1.807, 2.05) is 30.3 Å². The molecule has 1 N–H and O–H groups in total. The van der Waals surface area contributed by atoms with Gasteiger partial charge in [-0.1, -0.05) is 30.3 Å². The molecule has 0 atom stereocenters. The highest BCUT2D eigenvalue weighted by atomic mass is 19.4. The fourth-order valence-electron chi connectivity index (χ4n) is 3.28. The van der Waals surface area contributed by atoms with Crippen LogP contribution in [0.25, 0.3) is 22.5 Å². The Morgan fingerprint density at radius 2 is 1.81 bits per heavy atom. The van der Waals surface area contributed by atoms with Crippen molar-refractivity contribution in [3.05, 3.63) is 83.9 Å². The molecule has 1 amide bonds. The summed E-state index contributed by atoms with van der Waals surface area (Å²) in [6.45, 7) is 1.73. The van der Waals surface area contributed by atoms with E-state index in [-0.39, 0.29) is 16.8 Å². The zero-order chi connectivity index (χ0) is 22.9. The Morgan fingerprint density at radius 3 is 2.47 bits per heavy atom. The van der Waals surface area contributed by atoms with E-state index in [2.05, 4.69) is 20.4 Å². The third-order valence-corrected chi connectivity index (χ3v) is 4.78. The predicted octanol–water partition coefficient (Wildman–Crippen LogP) is 5.12. The van der Waals surface area contributed by atoms with Crippen molar-refractivity contribution < 1.29 is 18.0 Å². The highest BCUT2D eigenvalue weighted by Gasteiger charge is 2.34. The molecule has 2 aromatic heterocycles. The van der Waals surface area contributed by atoms with E-state index in [4.69, 9.17) is 0 Å². The van der Waals surface area contributed by atoms with Crippen LogP contribution >= 0.6 is 0 Å². The molecule has 9 heteroatoms. The summed E-state index contributed by atoms with van der Waals surface area (Å²) in [7, 11) is 1.61. The molecule has 2 heterocycles. The highest BCUT2D eigenvalue weighted by molar-refractivity contribution is 6.06. The molecule has 0 bridgehead atoms. The van der Waals surface area contributed by atoms with Gasteiger partial charge in [0.2, 0.25) is 0 Å². The molecule has 0 aliphatic heterocycles. The molecule has 0 aliphatic carbocycles. The van der Waals surface area contributed by atoms with Crippen molar-refractivity contribution in [2.75, 3.05) is 5.32 Å². The lowest BCUT2D eigenvalue weighted by Crippen LogP contribution is -2.15. The van der Waals surface area contributed by atoms with Crippen molar-refractivity contribution in [2.45, 2.75) is 13.1 Å². The van der Waals surface area contributed by atoms with Crippen LogP contribution in [-0.2, 0) is 13.2 Å². The zero-order valence-corrected chi connectivity index (χ0v) is 17.2. The highest BCUT2D eigenvalue weighted by Crippen LogP contribution is 2.37. The Morgan fingerprint density at radius 1 is 1.06 bits per heavy atom. The lowest BCUT2D eigenvalue weighted by Gasteiger charge is -2.14. The number of hydrogen-bond acceptors (Lipinski definition) is 4. The van der Waals surface area contributed by atoms with Crippen LogP contribution in [0.2, 0.25) is 0 Å². The second kappa shape index (κ2) is 8.26. The van der Waals surface area contributed by atoms with E-state index >= 15 is 0 Å². The summed E-state index contributed by atoms with van der Waals surface area (Å²) in [6.07, 6.45) is -1.57. The lowest BCUT2D eigenvalue weighted by molar-refractivity contribution is -0.137. The van der Waals surface area contributed by atoms with E-state index in [9.17, 15) is 18.0 Å². The molecule has 0 saturated carbocycles. The molecular weight excluding hydrogens is 419 g/mol. The van der Waals surface area contributed by atoms with Gasteiger partial charge in [-0.25, -0.2) is 9.97 Å². The number of rotatable bonds is 4. The first-order valence-corrected chi connectivity index (χ1v) is 9.64. The van der Waals surface area contributed by atoms with E-state index in [0.29, 0.717) is 17.2 Å². The third kappa shape index (κ3) is 4.36. The number of carbonyl (C=O) groups excluding carboxylic acids is 1. The van der Waals surface area contributed by atoms with Gasteiger partial charge >= 0.3 is 6.18 Å². The molecule has 0 radical (unpaired) electrons. The molecular formula is C23H18F3N5O. The molecule has 4 rings (SSSR count). The molecule has 0 aliphatic rings. The van der Waals surface area contributed by atoms with Gasteiger partial charge in [0.25, 0.3) is 5.91 Å². The first-order chi connectivity index (χ1) is 15.2. The second-order valence-corrected chi connectivity index (χ2v) is 7.13. The average Bonchev–Trinajstić information content (AvgIpc) is 3.20. The Hall–Kier alpha value is -4.01. The predicted molar refractivity (Wildman–Crippen MR) is 114 cm³/mol. The number of anilines is 1. The number of carbonyl (C=O) groups is 1. The van der Waals surface area contributed by atoms with E-state index < -0.39 is 17.6 Å². The number of alkyl halides is 3. The van der Waals surface area contributed by atoms with Gasteiger partial charge < -0.3 is 5.32 Å². The summed E-state index contributed by atoms with van der Waals surface area (Å²) in [4.78, 5) is 21.5. The molecule has 0 spiro atoms. The smallest absolute Gasteiger partial charge is 0.319 e. The van der Waals surface area contributed by atoms with E-state index in [1.165, 1.54) is 29.2 Å². The molecule has 2 aromatic carbocycles. The van der Waals surface area contributed by atoms with Crippen LogP contribution in [-0.4, -0.2) is 25.7 Å². The minimum atomic E-state index is -4.59. The third-order valence-electron chi connectivity index (χ3n) is 4.78. The van der Waals surface area contributed by atoms with Crippen LogP contribution in [0.5, 0.6) is 0 Å². The molecule has 6 nitrogen and oxygen atoms in total. The van der Waals surface area contributed by atoms with Crippen LogP contribution in [0.15, 0.2) is 67.0 Å². The number of aryl methyl sites for hydroxylation is 2. The number of benzene rings is 2. The van der Waals surface area contributed by atoms with Crippen LogP contribution in [0.1, 0.15) is 21.7 Å². The quantitative estimate of drug-likeness (QED) is 0.481. The van der Waals surface area contributed by atoms with Gasteiger partial charge in [-0.15, -0.1) is 0 Å². The molecule has 0 saturated heterocycles. The normalized spacial score (nSPS) is 11.4. The average molecular weight is 437 g/mol. The maximum absolute atomic E-state index is 13.5. The van der Waals surface area contributed by atoms with Crippen molar-refractivity contribution in [1.29, 1.82) is 0 Å². The van der Waals surface area contributed by atoms with Gasteiger partial charge in [-0.2, -0.15) is 18.3 Å². The van der Waals surface area contributed by atoms with Crippen molar-refractivity contribution >= 4 is 11.6 Å². The number of nitrogens with zero attached hydrogens (tertiary/aromatic N) is 4. The number of aromatic nitrogens is 4. The van der Waals surface area contributed by atoms with E-state index in [1.54, 1.807) is 14.0 Å². The van der Waals surface area contributed by atoms with Crippen molar-refractivity contribution in [3.63, 3.8) is 0 Å². The number of amides is 1. The fourth-order valence-corrected chi connectivity index (χ4v) is 3.28. The van der Waals surface area contributed by atoms with Gasteiger partial charge in [0.15, 0.2) is 0 Å². The van der Waals surface area contributed by atoms with Crippen molar-refractivity contribution in [1.82, 2.24) is 19.7 Å². The Bertz CT molecular complexity index is 1280. The number of nitrogens with one attached hydrogen (secondary N) is 1. The maximum Gasteiger partial charge on any atom is 0.417 e. The number of halogens is 3. The monoisotopic (exact) mass is 437 g/mol. The Balaban J connectivity index is 1.72. The fraction of sp³-hybridized carbons (Fsp3) is 0.130. The minimum Gasteiger partial charge on any atom is -0.319 e. The molecule has 32 heavy (non-hydrogen) atoms. The zero-order valence-electron chi connectivity index (χ0n) is 17.2. The minimum absolute atomic E-state index is 0.0539. The Labute approximate surface area is 181 Å². The van der Waals surface area contributed by atoms with Crippen molar-refractivity contribution in [2.24, 2.45) is 7.05 Å². The summed E-state index contributed by atoms with van der Waals surface area (Å²) in [5.41, 5.74) is 0.784. The first kappa shape index (κ1) is 21.2. The van der Waals surface area contributed by atoms with Crippen molar-refractivity contribution in [3.8, 4) is 22.5 Å². The summed E-state index contributed by atoms with van der Waals surface area (Å²) in [5, 5.41) is 6.79. The number of hydrogen-bond donors (Lipinski definition) is 1. The summed E-state index contributed by atoms with van der Waals surface area (Å²) in [5.74, 6) is -0.0608. The molecule has 162 valence electrons. The van der Waals surface area contributed by atoms with Gasteiger partial charge in [0.05, 0.1) is 28.8 Å². The van der Waals surface area contributed by atoms with Crippen LogP contribution < -0.4 is 5.32 Å². The van der Waals surface area contributed by atoms with Crippen LogP contribution in [0.4, 0.5) is 18.9 Å². The van der Waals surface area contributed by atoms with Gasteiger partial charge in [-0.05, 0) is 31.2 Å². The van der Waals surface area contributed by atoms with E-state index in [0.717, 1.165) is 17.7 Å². The first-order valence-electron chi connectivity index (χ1n) is 9.64. The summed E-state index contributed by atoms with van der Waals surface area (Å²) >= 11 is 0. The van der Waals surface area contributed by atoms with Crippen LogP contribution in [0.3, 0.4) is 0 Å². The second-order valence-electron chi connectivity index (χ2n) is 7.13. The van der Waals surface area contributed by atoms with Gasteiger partial charge in [0.1, 0.15) is 5.82 Å². The molecule has 0 unspecified atom stereocenters. The lowest BCUT2D eigenvalue weighted by atomic mass is 10.0. The standard InChI is InChI=1S/C23H18F3N5O/c1-14-27-13-20(21(28-14)15-6-4-3-5-7-15)29-22(32)16-8-9-18(23(24,25)26)17(12-16)19-10-11-31(2)30-19/h3-13H,1-2H3,(H,29,32). The van der Waals surface area contributed by atoms with Crippen LogP contribution in [0, 0.1) is 6.92 Å². The Kier molecular flexibility index (Phi) is 5.48.